The minimum absolute atomic E-state index is 0.0947. The Morgan fingerprint density at radius 1 is 1.56 bits per heavy atom. The highest BCUT2D eigenvalue weighted by Crippen LogP contribution is 2.27. The standard InChI is InChI=1S/C11H10ClN3O2S/c1-7-11(18-6-14-7)5-13-8-2-3-9(12)10(4-8)15(16)17/h2-4,6,13H,5H2,1H3. The van der Waals surface area contributed by atoms with Crippen LogP contribution in [0.2, 0.25) is 5.02 Å². The van der Waals surface area contributed by atoms with E-state index in [2.05, 4.69) is 10.3 Å². The summed E-state index contributed by atoms with van der Waals surface area (Å²) in [4.78, 5) is 15.5. The van der Waals surface area contributed by atoms with Crippen LogP contribution in [-0.4, -0.2) is 9.91 Å². The van der Waals surface area contributed by atoms with E-state index in [-0.39, 0.29) is 10.7 Å². The molecule has 1 N–H and O–H groups in total. The van der Waals surface area contributed by atoms with Crippen LogP contribution >= 0.6 is 22.9 Å². The quantitative estimate of drug-likeness (QED) is 0.687. The maximum atomic E-state index is 10.7. The summed E-state index contributed by atoms with van der Waals surface area (Å²) in [6.07, 6.45) is 0. The van der Waals surface area contributed by atoms with Crippen molar-refractivity contribution in [2.24, 2.45) is 0 Å². The lowest BCUT2D eigenvalue weighted by molar-refractivity contribution is -0.384. The summed E-state index contributed by atoms with van der Waals surface area (Å²) in [7, 11) is 0. The molecule has 0 unspecified atom stereocenters. The number of anilines is 1. The molecule has 94 valence electrons. The number of hydrogen-bond acceptors (Lipinski definition) is 5. The zero-order chi connectivity index (χ0) is 13.1. The molecule has 0 bridgehead atoms. The molecule has 0 amide bonds. The molecule has 5 nitrogen and oxygen atoms in total. The zero-order valence-electron chi connectivity index (χ0n) is 9.51. The summed E-state index contributed by atoms with van der Waals surface area (Å²) in [5.41, 5.74) is 3.31. The Kier molecular flexibility index (Phi) is 3.78. The number of hydrogen-bond donors (Lipinski definition) is 1. The molecule has 0 aliphatic carbocycles. The van der Waals surface area contributed by atoms with Gasteiger partial charge in [0.05, 0.1) is 22.7 Å². The van der Waals surface area contributed by atoms with Crippen molar-refractivity contribution in [3.8, 4) is 0 Å². The van der Waals surface area contributed by atoms with Gasteiger partial charge in [0.2, 0.25) is 0 Å². The summed E-state index contributed by atoms with van der Waals surface area (Å²) in [6, 6.07) is 4.66. The summed E-state index contributed by atoms with van der Waals surface area (Å²) in [5, 5.41) is 14.0. The molecule has 0 saturated heterocycles. The maximum Gasteiger partial charge on any atom is 0.289 e. The topological polar surface area (TPSA) is 68.1 Å². The number of nitrogens with one attached hydrogen (secondary N) is 1. The Morgan fingerprint density at radius 3 is 2.94 bits per heavy atom. The van der Waals surface area contributed by atoms with E-state index < -0.39 is 4.92 Å². The minimum atomic E-state index is -0.495. The molecule has 0 fully saturated rings. The van der Waals surface area contributed by atoms with Crippen LogP contribution in [0.4, 0.5) is 11.4 Å². The molecule has 1 aromatic heterocycles. The van der Waals surface area contributed by atoms with Crippen molar-refractivity contribution < 1.29 is 4.92 Å². The van der Waals surface area contributed by atoms with Crippen LogP contribution in [0, 0.1) is 17.0 Å². The monoisotopic (exact) mass is 283 g/mol. The number of benzene rings is 1. The number of thiazole rings is 1. The lowest BCUT2D eigenvalue weighted by atomic mass is 10.2. The van der Waals surface area contributed by atoms with Crippen LogP contribution in [0.1, 0.15) is 10.6 Å². The fourth-order valence-electron chi connectivity index (χ4n) is 1.44. The first-order valence-electron chi connectivity index (χ1n) is 5.14. The highest BCUT2D eigenvalue weighted by Gasteiger charge is 2.12. The molecule has 0 atom stereocenters. The Hall–Kier alpha value is -1.66. The van der Waals surface area contributed by atoms with Gasteiger partial charge in [-0.15, -0.1) is 11.3 Å². The Morgan fingerprint density at radius 2 is 2.33 bits per heavy atom. The number of rotatable bonds is 4. The second-order valence-electron chi connectivity index (χ2n) is 3.64. The number of nitro benzene ring substituents is 1. The lowest BCUT2D eigenvalue weighted by Gasteiger charge is -2.05. The molecule has 0 radical (unpaired) electrons. The van der Waals surface area contributed by atoms with Gasteiger partial charge in [0.25, 0.3) is 5.69 Å². The van der Waals surface area contributed by atoms with Crippen LogP contribution in [0.3, 0.4) is 0 Å². The third-order valence-corrected chi connectivity index (χ3v) is 3.70. The second kappa shape index (κ2) is 5.32. The Balaban J connectivity index is 2.13. The highest BCUT2D eigenvalue weighted by atomic mass is 35.5. The fourth-order valence-corrected chi connectivity index (χ4v) is 2.34. The number of aromatic nitrogens is 1. The van der Waals surface area contributed by atoms with E-state index in [9.17, 15) is 10.1 Å². The van der Waals surface area contributed by atoms with Crippen molar-refractivity contribution in [3.63, 3.8) is 0 Å². The summed E-state index contributed by atoms with van der Waals surface area (Å²) in [6.45, 7) is 2.52. The van der Waals surface area contributed by atoms with Crippen molar-refractivity contribution in [3.05, 3.63) is 49.4 Å². The molecule has 2 aromatic rings. The molecule has 1 heterocycles. The minimum Gasteiger partial charge on any atom is -0.380 e. The van der Waals surface area contributed by atoms with Crippen molar-refractivity contribution in [2.45, 2.75) is 13.5 Å². The third-order valence-electron chi connectivity index (χ3n) is 2.44. The van der Waals surface area contributed by atoms with Crippen LogP contribution in [-0.2, 0) is 6.54 Å². The summed E-state index contributed by atoms with van der Waals surface area (Å²) < 4.78 is 0. The van der Waals surface area contributed by atoms with Gasteiger partial charge in [-0.2, -0.15) is 0 Å². The maximum absolute atomic E-state index is 10.7. The Labute approximate surface area is 113 Å². The molecule has 0 aliphatic heterocycles. The van der Waals surface area contributed by atoms with Crippen molar-refractivity contribution in [1.82, 2.24) is 4.98 Å². The van der Waals surface area contributed by atoms with Crippen LogP contribution in [0.25, 0.3) is 0 Å². The molecule has 18 heavy (non-hydrogen) atoms. The molecular weight excluding hydrogens is 274 g/mol. The number of aryl methyl sites for hydroxylation is 1. The molecule has 0 saturated carbocycles. The molecule has 1 aromatic carbocycles. The van der Waals surface area contributed by atoms with Gasteiger partial charge in [-0.05, 0) is 19.1 Å². The average molecular weight is 284 g/mol. The van der Waals surface area contributed by atoms with Crippen LogP contribution in [0.15, 0.2) is 23.7 Å². The summed E-state index contributed by atoms with van der Waals surface area (Å²) in [5.74, 6) is 0. The first-order valence-corrected chi connectivity index (χ1v) is 6.40. The largest absolute Gasteiger partial charge is 0.380 e. The van der Waals surface area contributed by atoms with Crippen LogP contribution in [0.5, 0.6) is 0 Å². The third kappa shape index (κ3) is 2.77. The van der Waals surface area contributed by atoms with E-state index in [1.165, 1.54) is 12.1 Å². The first-order chi connectivity index (χ1) is 8.58. The van der Waals surface area contributed by atoms with E-state index in [1.54, 1.807) is 22.9 Å². The van der Waals surface area contributed by atoms with Gasteiger partial charge in [0.1, 0.15) is 5.02 Å². The van der Waals surface area contributed by atoms with Gasteiger partial charge < -0.3 is 5.32 Å². The Bertz CT molecular complexity index is 585. The average Bonchev–Trinajstić information content (AvgIpc) is 2.73. The number of halogens is 1. The highest BCUT2D eigenvalue weighted by molar-refractivity contribution is 7.09. The van der Waals surface area contributed by atoms with Crippen LogP contribution < -0.4 is 5.32 Å². The predicted octanol–water partition coefficient (Wildman–Crippen LogP) is 3.63. The van der Waals surface area contributed by atoms with E-state index in [0.29, 0.717) is 12.2 Å². The van der Waals surface area contributed by atoms with E-state index in [4.69, 9.17) is 11.6 Å². The second-order valence-corrected chi connectivity index (χ2v) is 4.98. The van der Waals surface area contributed by atoms with Gasteiger partial charge >= 0.3 is 0 Å². The molecule has 0 spiro atoms. The molecule has 7 heteroatoms. The number of nitrogens with zero attached hydrogens (tertiary/aromatic N) is 2. The lowest BCUT2D eigenvalue weighted by Crippen LogP contribution is -2.00. The first kappa shape index (κ1) is 12.8. The van der Waals surface area contributed by atoms with Gasteiger partial charge in [-0.3, -0.25) is 10.1 Å². The fraction of sp³-hybridized carbons (Fsp3) is 0.182. The zero-order valence-corrected chi connectivity index (χ0v) is 11.1. The van der Waals surface area contributed by atoms with Crippen molar-refractivity contribution in [2.75, 3.05) is 5.32 Å². The van der Waals surface area contributed by atoms with Crippen molar-refractivity contribution >= 4 is 34.3 Å². The predicted molar refractivity (Wildman–Crippen MR) is 72.3 cm³/mol. The normalized spacial score (nSPS) is 10.3. The number of nitro groups is 1. The SMILES string of the molecule is Cc1ncsc1CNc1ccc(Cl)c([N+](=O)[O-])c1. The van der Waals surface area contributed by atoms with E-state index >= 15 is 0 Å². The van der Waals surface area contributed by atoms with Gasteiger partial charge in [0, 0.05) is 16.6 Å². The summed E-state index contributed by atoms with van der Waals surface area (Å²) >= 11 is 7.29. The van der Waals surface area contributed by atoms with Crippen molar-refractivity contribution in [1.29, 1.82) is 0 Å². The van der Waals surface area contributed by atoms with Gasteiger partial charge in [0.15, 0.2) is 0 Å². The molecule has 0 aliphatic rings. The molecular formula is C11H10ClN3O2S. The van der Waals surface area contributed by atoms with E-state index in [0.717, 1.165) is 10.6 Å². The van der Waals surface area contributed by atoms with E-state index in [1.807, 2.05) is 6.92 Å². The molecule has 2 rings (SSSR count). The van der Waals surface area contributed by atoms with Gasteiger partial charge in [-0.25, -0.2) is 4.98 Å². The smallest absolute Gasteiger partial charge is 0.289 e. The van der Waals surface area contributed by atoms with Gasteiger partial charge in [-0.1, -0.05) is 11.6 Å².